The molecule has 5 aromatic rings. The topological polar surface area (TPSA) is 112 Å². The Bertz CT molecular complexity index is 1680. The highest BCUT2D eigenvalue weighted by Gasteiger charge is 2.26. The number of aromatic nitrogens is 6. The first kappa shape index (κ1) is 23.1. The van der Waals surface area contributed by atoms with Gasteiger partial charge in [-0.25, -0.2) is 19.9 Å². The summed E-state index contributed by atoms with van der Waals surface area (Å²) in [6, 6.07) is 11.8. The minimum absolute atomic E-state index is 0.180. The van der Waals surface area contributed by atoms with E-state index in [1.165, 1.54) is 6.33 Å². The summed E-state index contributed by atoms with van der Waals surface area (Å²) in [5, 5.41) is 12.5. The van der Waals surface area contributed by atoms with Crippen LogP contribution in [0, 0.1) is 6.92 Å². The zero-order valence-corrected chi connectivity index (χ0v) is 21.2. The van der Waals surface area contributed by atoms with Crippen LogP contribution in [0.15, 0.2) is 60.4 Å². The van der Waals surface area contributed by atoms with Crippen molar-refractivity contribution in [2.45, 2.75) is 32.7 Å². The lowest BCUT2D eigenvalue weighted by Crippen LogP contribution is -2.17. The van der Waals surface area contributed by atoms with E-state index >= 15 is 0 Å². The second-order valence-corrected chi connectivity index (χ2v) is 9.87. The number of ether oxygens (including phenoxy) is 2. The Balaban J connectivity index is 1.24. The van der Waals surface area contributed by atoms with Crippen molar-refractivity contribution in [3.63, 3.8) is 0 Å². The molecule has 1 aliphatic rings. The molecule has 11 heteroatoms. The van der Waals surface area contributed by atoms with Crippen LogP contribution in [0.4, 0.5) is 11.5 Å². The number of anilines is 2. The Morgan fingerprint density at radius 1 is 1.11 bits per heavy atom. The van der Waals surface area contributed by atoms with Crippen molar-refractivity contribution in [2.24, 2.45) is 4.99 Å². The van der Waals surface area contributed by atoms with Gasteiger partial charge in [0.2, 0.25) is 5.88 Å². The highest BCUT2D eigenvalue weighted by atomic mass is 35.5. The van der Waals surface area contributed by atoms with Crippen LogP contribution in [-0.2, 0) is 11.2 Å². The Labute approximate surface area is 217 Å². The van der Waals surface area contributed by atoms with Gasteiger partial charge in [0.25, 0.3) is 0 Å². The molecule has 0 aliphatic carbocycles. The van der Waals surface area contributed by atoms with Crippen molar-refractivity contribution in [1.29, 1.82) is 0 Å². The van der Waals surface area contributed by atoms with Crippen LogP contribution >= 0.6 is 11.6 Å². The third kappa shape index (κ3) is 4.63. The van der Waals surface area contributed by atoms with Crippen molar-refractivity contribution in [3.05, 3.63) is 71.5 Å². The van der Waals surface area contributed by atoms with Gasteiger partial charge in [-0.05, 0) is 62.2 Å². The van der Waals surface area contributed by atoms with Gasteiger partial charge in [-0.1, -0.05) is 17.7 Å². The molecule has 0 amide bonds. The van der Waals surface area contributed by atoms with E-state index in [1.807, 2.05) is 37.3 Å². The van der Waals surface area contributed by atoms with Crippen LogP contribution in [-0.4, -0.2) is 47.6 Å². The molecule has 4 heterocycles. The number of hydrogen-bond donors (Lipinski definition) is 1. The van der Waals surface area contributed by atoms with Gasteiger partial charge < -0.3 is 14.8 Å². The molecule has 0 saturated carbocycles. The van der Waals surface area contributed by atoms with Crippen molar-refractivity contribution in [2.75, 3.05) is 11.9 Å². The second kappa shape index (κ2) is 8.97. The first-order valence-electron chi connectivity index (χ1n) is 11.7. The summed E-state index contributed by atoms with van der Waals surface area (Å²) in [4.78, 5) is 17.9. The molecule has 0 radical (unpaired) electrons. The van der Waals surface area contributed by atoms with Gasteiger partial charge >= 0.3 is 0 Å². The standard InChI is InChI=1S/C26H23ClN8O2/c1-15-8-17(5-7-20(15)37-25-22(27)24-34-31-14-35(24)13-30-25)32-23-18-9-16(4-6-19(18)28-12-29-23)10-21-33-26(2,3)11-36-21/h4-9,12-14H,10-11H2,1-3H3,(H,28,29,32). The largest absolute Gasteiger partial charge is 0.478 e. The second-order valence-electron chi connectivity index (χ2n) is 9.49. The van der Waals surface area contributed by atoms with E-state index in [2.05, 4.69) is 55.4 Å². The third-order valence-corrected chi connectivity index (χ3v) is 6.31. The van der Waals surface area contributed by atoms with Crippen molar-refractivity contribution in [1.82, 2.24) is 29.5 Å². The molecule has 0 fully saturated rings. The smallest absolute Gasteiger partial charge is 0.243 e. The fourth-order valence-electron chi connectivity index (χ4n) is 4.15. The Kier molecular flexibility index (Phi) is 5.60. The number of halogens is 1. The fraction of sp³-hybridized carbons (Fsp3) is 0.231. The van der Waals surface area contributed by atoms with E-state index in [9.17, 15) is 0 Å². The summed E-state index contributed by atoms with van der Waals surface area (Å²) in [6.45, 7) is 6.68. The summed E-state index contributed by atoms with van der Waals surface area (Å²) in [5.74, 6) is 2.34. The van der Waals surface area contributed by atoms with Gasteiger partial charge in [0.1, 0.15) is 42.2 Å². The summed E-state index contributed by atoms with van der Waals surface area (Å²) in [7, 11) is 0. The molecule has 1 N–H and O–H groups in total. The fourth-order valence-corrected chi connectivity index (χ4v) is 4.37. The molecular formula is C26H23ClN8O2. The lowest BCUT2D eigenvalue weighted by Gasteiger charge is -2.13. The van der Waals surface area contributed by atoms with Gasteiger partial charge in [0.05, 0.1) is 11.1 Å². The van der Waals surface area contributed by atoms with E-state index in [0.717, 1.165) is 33.6 Å². The van der Waals surface area contributed by atoms with Gasteiger partial charge in [0, 0.05) is 17.5 Å². The molecule has 0 saturated heterocycles. The number of nitrogens with one attached hydrogen (secondary N) is 1. The number of benzene rings is 2. The number of aryl methyl sites for hydroxylation is 1. The highest BCUT2D eigenvalue weighted by Crippen LogP contribution is 2.33. The average Bonchev–Trinajstić information content (AvgIpc) is 3.49. The summed E-state index contributed by atoms with van der Waals surface area (Å²) < 4.78 is 13.4. The number of fused-ring (bicyclic) bond motifs is 2. The van der Waals surface area contributed by atoms with Crippen molar-refractivity contribution < 1.29 is 9.47 Å². The molecule has 0 unspecified atom stereocenters. The quantitative estimate of drug-likeness (QED) is 0.324. The molecule has 3 aromatic heterocycles. The molecule has 2 aromatic carbocycles. The maximum atomic E-state index is 6.41. The average molecular weight is 515 g/mol. The van der Waals surface area contributed by atoms with Crippen LogP contribution < -0.4 is 10.1 Å². The molecule has 1 aliphatic heterocycles. The molecule has 186 valence electrons. The third-order valence-electron chi connectivity index (χ3n) is 5.98. The van der Waals surface area contributed by atoms with Crippen LogP contribution in [0.1, 0.15) is 25.0 Å². The monoisotopic (exact) mass is 514 g/mol. The Morgan fingerprint density at radius 3 is 2.81 bits per heavy atom. The van der Waals surface area contributed by atoms with Crippen LogP contribution in [0.2, 0.25) is 5.02 Å². The molecule has 10 nitrogen and oxygen atoms in total. The lowest BCUT2D eigenvalue weighted by molar-refractivity contribution is 0.275. The summed E-state index contributed by atoms with van der Waals surface area (Å²) in [5.41, 5.74) is 3.97. The van der Waals surface area contributed by atoms with E-state index in [-0.39, 0.29) is 11.4 Å². The normalized spacial score (nSPS) is 14.5. The maximum Gasteiger partial charge on any atom is 0.243 e. The zero-order valence-electron chi connectivity index (χ0n) is 20.4. The number of aliphatic imine (C=N–C) groups is 1. The predicted molar refractivity (Wildman–Crippen MR) is 141 cm³/mol. The summed E-state index contributed by atoms with van der Waals surface area (Å²) in [6.07, 6.45) is 5.26. The number of hydrogen-bond acceptors (Lipinski definition) is 9. The van der Waals surface area contributed by atoms with Gasteiger partial charge in [0.15, 0.2) is 11.5 Å². The minimum Gasteiger partial charge on any atom is -0.478 e. The number of nitrogens with zero attached hydrogens (tertiary/aromatic N) is 7. The molecule has 6 rings (SSSR count). The lowest BCUT2D eigenvalue weighted by atomic mass is 10.1. The van der Waals surface area contributed by atoms with Crippen LogP contribution in [0.25, 0.3) is 16.6 Å². The highest BCUT2D eigenvalue weighted by molar-refractivity contribution is 6.34. The molecule has 37 heavy (non-hydrogen) atoms. The SMILES string of the molecule is Cc1cc(Nc2ncnc3ccc(CC4=NC(C)(C)CO4)cc23)ccc1Oc1ncn2cnnc2c1Cl. The zero-order chi connectivity index (χ0) is 25.6. The first-order valence-corrected chi connectivity index (χ1v) is 12.1. The van der Waals surface area contributed by atoms with Crippen LogP contribution in [0.5, 0.6) is 11.6 Å². The van der Waals surface area contributed by atoms with E-state index in [4.69, 9.17) is 21.1 Å². The Morgan fingerprint density at radius 2 is 2.00 bits per heavy atom. The van der Waals surface area contributed by atoms with Crippen molar-refractivity contribution >= 4 is 45.6 Å². The minimum atomic E-state index is -0.180. The van der Waals surface area contributed by atoms with E-state index in [0.29, 0.717) is 35.3 Å². The summed E-state index contributed by atoms with van der Waals surface area (Å²) >= 11 is 6.41. The predicted octanol–water partition coefficient (Wildman–Crippen LogP) is 5.32. The number of rotatable bonds is 6. The molecule has 0 atom stereocenters. The van der Waals surface area contributed by atoms with Crippen LogP contribution in [0.3, 0.4) is 0 Å². The molecular weight excluding hydrogens is 492 g/mol. The van der Waals surface area contributed by atoms with E-state index < -0.39 is 0 Å². The van der Waals surface area contributed by atoms with Gasteiger partial charge in [-0.15, -0.1) is 10.2 Å². The molecule has 0 spiro atoms. The first-order chi connectivity index (χ1) is 17.8. The van der Waals surface area contributed by atoms with Gasteiger partial charge in [-0.3, -0.25) is 4.40 Å². The van der Waals surface area contributed by atoms with E-state index in [1.54, 1.807) is 17.1 Å². The van der Waals surface area contributed by atoms with Gasteiger partial charge in [-0.2, -0.15) is 0 Å². The Hall–Kier alpha value is -4.31. The molecule has 0 bridgehead atoms. The van der Waals surface area contributed by atoms with Crippen molar-refractivity contribution in [3.8, 4) is 11.6 Å². The maximum absolute atomic E-state index is 6.41.